The van der Waals surface area contributed by atoms with Gasteiger partial charge in [0.1, 0.15) is 0 Å². The topological polar surface area (TPSA) is 12.9 Å². The van der Waals surface area contributed by atoms with Gasteiger partial charge >= 0.3 is 0 Å². The Labute approximate surface area is 55.4 Å². The maximum Gasteiger partial charge on any atom is 0.0791 e. The number of nitrogens with zero attached hydrogens (tertiary/aromatic N) is 1. The number of aromatic nitrogens is 1. The Morgan fingerprint density at radius 2 is 2.00 bits per heavy atom. The largest absolute Gasteiger partial charge is 0.253 e. The van der Waals surface area contributed by atoms with E-state index in [0.29, 0.717) is 0 Å². The maximum absolute atomic E-state index is 3.74. The van der Waals surface area contributed by atoms with Crippen molar-refractivity contribution in [2.24, 2.45) is 0 Å². The van der Waals surface area contributed by atoms with Crippen molar-refractivity contribution in [3.8, 4) is 0 Å². The first-order valence-corrected chi connectivity index (χ1v) is 3.26. The third-order valence-corrected chi connectivity index (χ3v) is 0.869. The molecule has 0 aliphatic carbocycles. The molecule has 0 unspecified atom stereocenters. The second-order valence-electron chi connectivity index (χ2n) is 0.676. The predicted molar refractivity (Wildman–Crippen MR) is 40.2 cm³/mol. The third-order valence-electron chi connectivity index (χ3n) is 0.347. The molecule has 48 valence electrons. The van der Waals surface area contributed by atoms with Crippen LogP contribution in [-0.2, 0) is 0 Å². The average molecular weight is 131 g/mol. The smallest absolute Gasteiger partial charge is 0.0791 e. The van der Waals surface area contributed by atoms with E-state index in [0.717, 1.165) is 0 Å². The van der Waals surface area contributed by atoms with Crippen molar-refractivity contribution >= 4 is 11.3 Å². The Bertz CT molecular complexity index is 65.0. The fraction of sp³-hybridized carbons (Fsp3) is 0.500. The summed E-state index contributed by atoms with van der Waals surface area (Å²) in [6, 6.07) is 0. The van der Waals surface area contributed by atoms with Gasteiger partial charge in [-0.3, -0.25) is 4.98 Å². The van der Waals surface area contributed by atoms with Crippen molar-refractivity contribution in [1.82, 2.24) is 4.98 Å². The van der Waals surface area contributed by atoms with Crippen molar-refractivity contribution < 1.29 is 0 Å². The van der Waals surface area contributed by atoms with E-state index in [1.165, 1.54) is 0 Å². The molecule has 1 nitrogen and oxygen atoms in total. The molecule has 0 fully saturated rings. The lowest BCUT2D eigenvalue weighted by Gasteiger charge is -1.41. The molecule has 0 radical (unpaired) electrons. The van der Waals surface area contributed by atoms with E-state index in [9.17, 15) is 0 Å². The SMILES string of the molecule is C.CC.c1cscn1. The minimum atomic E-state index is 0. The molecule has 0 amide bonds. The van der Waals surface area contributed by atoms with E-state index in [2.05, 4.69) is 4.98 Å². The summed E-state index contributed by atoms with van der Waals surface area (Å²) in [6.45, 7) is 4.00. The van der Waals surface area contributed by atoms with Gasteiger partial charge in [-0.25, -0.2) is 0 Å². The van der Waals surface area contributed by atoms with Crippen LogP contribution in [0.4, 0.5) is 0 Å². The normalized spacial score (nSPS) is 5.75. The van der Waals surface area contributed by atoms with Gasteiger partial charge in [0.2, 0.25) is 0 Å². The van der Waals surface area contributed by atoms with E-state index in [-0.39, 0.29) is 7.43 Å². The second-order valence-corrected chi connectivity index (χ2v) is 1.43. The van der Waals surface area contributed by atoms with Gasteiger partial charge in [-0.15, -0.1) is 11.3 Å². The van der Waals surface area contributed by atoms with Crippen LogP contribution in [0.3, 0.4) is 0 Å². The van der Waals surface area contributed by atoms with Crippen LogP contribution in [0, 0.1) is 0 Å². The van der Waals surface area contributed by atoms with Crippen molar-refractivity contribution in [1.29, 1.82) is 0 Å². The summed E-state index contributed by atoms with van der Waals surface area (Å²) in [5.41, 5.74) is 1.79. The van der Waals surface area contributed by atoms with Gasteiger partial charge in [0, 0.05) is 11.6 Å². The molecule has 0 aliphatic heterocycles. The first kappa shape index (κ1) is 10.6. The lowest BCUT2D eigenvalue weighted by atomic mass is 11.0. The summed E-state index contributed by atoms with van der Waals surface area (Å²) in [7, 11) is 0. The van der Waals surface area contributed by atoms with Crippen molar-refractivity contribution in [3.05, 3.63) is 17.1 Å². The highest BCUT2D eigenvalue weighted by Crippen LogP contribution is 1.85. The molecule has 1 rings (SSSR count). The lowest BCUT2D eigenvalue weighted by Crippen LogP contribution is -1.38. The summed E-state index contributed by atoms with van der Waals surface area (Å²) in [5.74, 6) is 0. The summed E-state index contributed by atoms with van der Waals surface area (Å²) in [5, 5.41) is 1.93. The molecule has 1 aromatic heterocycles. The van der Waals surface area contributed by atoms with Crippen LogP contribution in [0.2, 0.25) is 0 Å². The van der Waals surface area contributed by atoms with Crippen molar-refractivity contribution in [2.75, 3.05) is 0 Å². The van der Waals surface area contributed by atoms with Crippen LogP contribution in [0.1, 0.15) is 21.3 Å². The summed E-state index contributed by atoms with van der Waals surface area (Å²) in [6.07, 6.45) is 1.77. The molecule has 0 aromatic carbocycles. The zero-order valence-electron chi connectivity index (χ0n) is 4.59. The molecule has 0 atom stereocenters. The molecule has 0 bridgehead atoms. The van der Waals surface area contributed by atoms with Crippen LogP contribution in [0.25, 0.3) is 0 Å². The van der Waals surface area contributed by atoms with Gasteiger partial charge in [-0.2, -0.15) is 0 Å². The minimum Gasteiger partial charge on any atom is -0.253 e. The maximum atomic E-state index is 3.74. The number of rotatable bonds is 0. The van der Waals surface area contributed by atoms with Crippen LogP contribution in [0.5, 0.6) is 0 Å². The highest BCUT2D eigenvalue weighted by atomic mass is 32.1. The zero-order chi connectivity index (χ0) is 5.54. The van der Waals surface area contributed by atoms with E-state index in [1.807, 2.05) is 19.2 Å². The first-order valence-electron chi connectivity index (χ1n) is 2.32. The zero-order valence-corrected chi connectivity index (χ0v) is 5.40. The molecule has 0 spiro atoms. The van der Waals surface area contributed by atoms with E-state index in [1.54, 1.807) is 23.0 Å². The molecular weight excluding hydrogens is 118 g/mol. The molecule has 0 saturated heterocycles. The Hall–Kier alpha value is -0.370. The molecule has 0 N–H and O–H groups in total. The Kier molecular flexibility index (Phi) is 13.0. The average Bonchev–Trinajstić information content (AvgIpc) is 2.23. The highest BCUT2D eigenvalue weighted by molar-refractivity contribution is 7.07. The van der Waals surface area contributed by atoms with Gasteiger partial charge < -0.3 is 0 Å². The van der Waals surface area contributed by atoms with Crippen molar-refractivity contribution in [2.45, 2.75) is 21.3 Å². The lowest BCUT2D eigenvalue weighted by molar-refractivity contribution is 1.43. The summed E-state index contributed by atoms with van der Waals surface area (Å²) < 4.78 is 0. The van der Waals surface area contributed by atoms with Crippen LogP contribution < -0.4 is 0 Å². The summed E-state index contributed by atoms with van der Waals surface area (Å²) in [4.78, 5) is 3.74. The molecular formula is C6H13NS. The quantitative estimate of drug-likeness (QED) is 0.527. The molecule has 2 heteroatoms. The second kappa shape index (κ2) is 9.80. The number of thiazole rings is 1. The van der Waals surface area contributed by atoms with Gasteiger partial charge in [0.05, 0.1) is 5.51 Å². The van der Waals surface area contributed by atoms with Crippen LogP contribution in [0.15, 0.2) is 17.1 Å². The molecule has 1 heterocycles. The summed E-state index contributed by atoms with van der Waals surface area (Å²) >= 11 is 1.60. The Balaban J connectivity index is 0. The predicted octanol–water partition coefficient (Wildman–Crippen LogP) is 2.81. The van der Waals surface area contributed by atoms with Crippen LogP contribution >= 0.6 is 11.3 Å². The number of hydrogen-bond acceptors (Lipinski definition) is 2. The highest BCUT2D eigenvalue weighted by Gasteiger charge is 1.59. The first-order chi connectivity index (χ1) is 3.50. The fourth-order valence-corrected chi connectivity index (χ4v) is 0.527. The molecule has 1 aromatic rings. The van der Waals surface area contributed by atoms with E-state index in [4.69, 9.17) is 0 Å². The van der Waals surface area contributed by atoms with Gasteiger partial charge in [0.15, 0.2) is 0 Å². The van der Waals surface area contributed by atoms with Gasteiger partial charge in [0.25, 0.3) is 0 Å². The fourth-order valence-electron chi connectivity index (χ4n) is 0.176. The Morgan fingerprint density at radius 1 is 1.38 bits per heavy atom. The van der Waals surface area contributed by atoms with Gasteiger partial charge in [-0.05, 0) is 0 Å². The van der Waals surface area contributed by atoms with E-state index < -0.39 is 0 Å². The standard InChI is InChI=1S/C3H3NS.C2H6.CH4/c1-2-5-3-4-1;1-2;/h1-3H;1-2H3;1H4. The number of hydrogen-bond donors (Lipinski definition) is 0. The monoisotopic (exact) mass is 131 g/mol. The molecule has 0 aliphatic rings. The van der Waals surface area contributed by atoms with Gasteiger partial charge in [-0.1, -0.05) is 21.3 Å². The Morgan fingerprint density at radius 3 is 2.12 bits per heavy atom. The molecule has 0 saturated carbocycles. The van der Waals surface area contributed by atoms with Crippen LogP contribution in [-0.4, -0.2) is 4.98 Å². The minimum absolute atomic E-state index is 0. The van der Waals surface area contributed by atoms with Crippen molar-refractivity contribution in [3.63, 3.8) is 0 Å². The third kappa shape index (κ3) is 5.63. The van der Waals surface area contributed by atoms with E-state index >= 15 is 0 Å². The molecule has 8 heavy (non-hydrogen) atoms.